The van der Waals surface area contributed by atoms with Gasteiger partial charge in [0, 0.05) is 22.2 Å². The van der Waals surface area contributed by atoms with Crippen molar-refractivity contribution in [2.75, 3.05) is 4.90 Å². The highest BCUT2D eigenvalue weighted by atomic mass is 15.1. The summed E-state index contributed by atoms with van der Waals surface area (Å²) in [6, 6.07) is 90.8. The molecule has 0 amide bonds. The normalized spacial score (nSPS) is 12.3. The van der Waals surface area contributed by atoms with Gasteiger partial charge in [-0.25, -0.2) is 0 Å². The highest BCUT2D eigenvalue weighted by molar-refractivity contribution is 6.00. The number of nitrogens with zero attached hydrogens (tertiary/aromatic N) is 1. The van der Waals surface area contributed by atoms with Gasteiger partial charge in [-0.15, -0.1) is 0 Å². The van der Waals surface area contributed by atoms with E-state index in [9.17, 15) is 0 Å². The Morgan fingerprint density at radius 2 is 0.688 bits per heavy atom. The summed E-state index contributed by atoms with van der Waals surface area (Å²) in [6.07, 6.45) is 0. The number of hydrogen-bond donors (Lipinski definition) is 0. The van der Waals surface area contributed by atoms with E-state index in [2.05, 4.69) is 267 Å². The Hall–Kier alpha value is -8.00. The third-order valence-electron chi connectivity index (χ3n) is 13.1. The van der Waals surface area contributed by atoms with Crippen LogP contribution in [-0.4, -0.2) is 0 Å². The molecule has 0 spiro atoms. The van der Waals surface area contributed by atoms with Crippen molar-refractivity contribution in [1.29, 1.82) is 0 Å². The van der Waals surface area contributed by atoms with Gasteiger partial charge in [0.2, 0.25) is 0 Å². The van der Waals surface area contributed by atoms with E-state index in [0.717, 1.165) is 28.2 Å². The van der Waals surface area contributed by atoms with Gasteiger partial charge in [-0.05, 0) is 108 Å². The first-order valence-electron chi connectivity index (χ1n) is 22.3. The summed E-state index contributed by atoms with van der Waals surface area (Å²) in [7, 11) is 0. The Morgan fingerprint density at radius 1 is 0.266 bits per heavy atom. The topological polar surface area (TPSA) is 3.24 Å². The molecule has 0 aromatic heterocycles. The lowest BCUT2D eigenvalue weighted by Gasteiger charge is -2.30. The molecule has 1 heteroatoms. The quantitative estimate of drug-likeness (QED) is 0.140. The van der Waals surface area contributed by atoms with E-state index in [1.165, 1.54) is 77.9 Å². The first-order valence-corrected chi connectivity index (χ1v) is 22.3. The molecule has 0 fully saturated rings. The molecular weight excluding hydrogens is 771 g/mol. The van der Waals surface area contributed by atoms with Crippen LogP contribution in [0, 0.1) is 0 Å². The second kappa shape index (κ2) is 16.4. The van der Waals surface area contributed by atoms with Gasteiger partial charge in [0.05, 0.1) is 11.4 Å². The Bertz CT molecular complexity index is 3260. The molecule has 0 bridgehead atoms. The van der Waals surface area contributed by atoms with Crippen molar-refractivity contribution in [2.45, 2.75) is 19.3 Å². The largest absolute Gasteiger partial charge is 0.309 e. The average molecular weight is 818 g/mol. The Morgan fingerprint density at radius 3 is 1.36 bits per heavy atom. The average Bonchev–Trinajstić information content (AvgIpc) is 3.61. The standard InChI is InChI=1S/C63H47N/c1-63(2)58-29-15-12-27-56(58)62-55(28-18-30-59(62)63)54-26-14-17-32-61(54)64(60-31-16-13-25-53(60)49-35-33-45(34-36-49)44-19-6-3-7-20-44)51-40-37-46(38-41-51)50-39-42-52(47-21-8-4-9-22-47)57(43-50)48-23-10-5-11-24-48/h3-43H,1-2H3. The van der Waals surface area contributed by atoms with Gasteiger partial charge in [0.1, 0.15) is 0 Å². The second-order valence-corrected chi connectivity index (χ2v) is 17.3. The van der Waals surface area contributed by atoms with Crippen LogP contribution in [-0.2, 0) is 5.41 Å². The van der Waals surface area contributed by atoms with Crippen molar-refractivity contribution in [1.82, 2.24) is 0 Å². The molecule has 0 aliphatic heterocycles. The minimum atomic E-state index is -0.107. The molecule has 304 valence electrons. The van der Waals surface area contributed by atoms with Gasteiger partial charge in [-0.3, -0.25) is 0 Å². The third-order valence-corrected chi connectivity index (χ3v) is 13.1. The smallest absolute Gasteiger partial charge is 0.0540 e. The van der Waals surface area contributed by atoms with E-state index < -0.39 is 0 Å². The van der Waals surface area contributed by atoms with E-state index in [1.54, 1.807) is 0 Å². The van der Waals surface area contributed by atoms with Gasteiger partial charge in [-0.2, -0.15) is 0 Å². The molecule has 1 aliphatic carbocycles. The van der Waals surface area contributed by atoms with Crippen LogP contribution in [0.25, 0.3) is 77.9 Å². The van der Waals surface area contributed by atoms with E-state index in [4.69, 9.17) is 0 Å². The van der Waals surface area contributed by atoms with Crippen LogP contribution in [0.4, 0.5) is 17.1 Å². The summed E-state index contributed by atoms with van der Waals surface area (Å²) in [5.74, 6) is 0. The molecule has 11 rings (SSSR count). The third kappa shape index (κ3) is 6.93. The molecule has 10 aromatic rings. The number of benzene rings is 10. The van der Waals surface area contributed by atoms with Gasteiger partial charge >= 0.3 is 0 Å². The number of rotatable bonds is 9. The van der Waals surface area contributed by atoms with Gasteiger partial charge in [0.25, 0.3) is 0 Å². The molecule has 1 nitrogen and oxygen atoms in total. The van der Waals surface area contributed by atoms with Crippen molar-refractivity contribution in [3.63, 3.8) is 0 Å². The molecule has 10 aromatic carbocycles. The maximum Gasteiger partial charge on any atom is 0.0540 e. The van der Waals surface area contributed by atoms with Gasteiger partial charge in [0.15, 0.2) is 0 Å². The van der Waals surface area contributed by atoms with Crippen molar-refractivity contribution in [2.24, 2.45) is 0 Å². The maximum atomic E-state index is 2.47. The minimum Gasteiger partial charge on any atom is -0.309 e. The molecule has 0 unspecified atom stereocenters. The molecule has 0 heterocycles. The zero-order valence-electron chi connectivity index (χ0n) is 36.1. The zero-order valence-corrected chi connectivity index (χ0v) is 36.1. The molecule has 0 radical (unpaired) electrons. The fourth-order valence-electron chi connectivity index (χ4n) is 9.92. The van der Waals surface area contributed by atoms with Crippen LogP contribution in [0.5, 0.6) is 0 Å². The summed E-state index contributed by atoms with van der Waals surface area (Å²) >= 11 is 0. The second-order valence-electron chi connectivity index (χ2n) is 17.3. The highest BCUT2D eigenvalue weighted by Crippen LogP contribution is 2.54. The predicted octanol–water partition coefficient (Wildman–Crippen LogP) is 17.5. The van der Waals surface area contributed by atoms with Crippen LogP contribution in [0.1, 0.15) is 25.0 Å². The van der Waals surface area contributed by atoms with Crippen LogP contribution < -0.4 is 4.90 Å². The molecular formula is C63H47N. The van der Waals surface area contributed by atoms with E-state index in [1.807, 2.05) is 0 Å². The highest BCUT2D eigenvalue weighted by Gasteiger charge is 2.37. The fourth-order valence-corrected chi connectivity index (χ4v) is 9.92. The molecule has 0 saturated carbocycles. The van der Waals surface area contributed by atoms with E-state index >= 15 is 0 Å². The number of fused-ring (bicyclic) bond motifs is 3. The molecule has 0 atom stereocenters. The fraction of sp³-hybridized carbons (Fsp3) is 0.0476. The molecule has 1 aliphatic rings. The molecule has 0 N–H and O–H groups in total. The Labute approximate surface area is 377 Å². The molecule has 64 heavy (non-hydrogen) atoms. The number of hydrogen-bond acceptors (Lipinski definition) is 1. The van der Waals surface area contributed by atoms with Crippen LogP contribution in [0.15, 0.2) is 249 Å². The monoisotopic (exact) mass is 817 g/mol. The lowest BCUT2D eigenvalue weighted by Crippen LogP contribution is -2.15. The lowest BCUT2D eigenvalue weighted by molar-refractivity contribution is 0.660. The van der Waals surface area contributed by atoms with Crippen molar-refractivity contribution < 1.29 is 0 Å². The van der Waals surface area contributed by atoms with Crippen molar-refractivity contribution in [3.8, 4) is 77.9 Å². The Kier molecular flexibility index (Phi) is 9.94. The van der Waals surface area contributed by atoms with Gasteiger partial charge in [-0.1, -0.05) is 232 Å². The van der Waals surface area contributed by atoms with Crippen molar-refractivity contribution >= 4 is 17.1 Å². The van der Waals surface area contributed by atoms with E-state index in [0.29, 0.717) is 0 Å². The lowest BCUT2D eigenvalue weighted by atomic mass is 9.82. The van der Waals surface area contributed by atoms with Crippen LogP contribution in [0.3, 0.4) is 0 Å². The number of para-hydroxylation sites is 2. The first-order chi connectivity index (χ1) is 31.5. The van der Waals surface area contributed by atoms with Crippen LogP contribution >= 0.6 is 0 Å². The summed E-state index contributed by atoms with van der Waals surface area (Å²) in [5.41, 5.74) is 23.0. The minimum absolute atomic E-state index is 0.107. The predicted molar refractivity (Wildman–Crippen MR) is 271 cm³/mol. The van der Waals surface area contributed by atoms with Crippen molar-refractivity contribution in [3.05, 3.63) is 260 Å². The summed E-state index contributed by atoms with van der Waals surface area (Å²) in [5, 5.41) is 0. The summed E-state index contributed by atoms with van der Waals surface area (Å²) in [6.45, 7) is 4.72. The van der Waals surface area contributed by atoms with Gasteiger partial charge < -0.3 is 4.90 Å². The Balaban J connectivity index is 1.07. The first kappa shape index (κ1) is 38.9. The number of anilines is 3. The van der Waals surface area contributed by atoms with E-state index in [-0.39, 0.29) is 5.41 Å². The zero-order chi connectivity index (χ0) is 43.0. The SMILES string of the molecule is CC1(C)c2ccccc2-c2c(-c3ccccc3N(c3ccc(-c4ccc(-c5ccccc5)c(-c5ccccc5)c4)cc3)c3ccccc3-c3ccc(-c4ccccc4)cc3)cccc21. The molecule has 0 saturated heterocycles. The summed E-state index contributed by atoms with van der Waals surface area (Å²) in [4.78, 5) is 2.47. The summed E-state index contributed by atoms with van der Waals surface area (Å²) < 4.78 is 0. The maximum absolute atomic E-state index is 2.47. The van der Waals surface area contributed by atoms with Crippen LogP contribution in [0.2, 0.25) is 0 Å².